The summed E-state index contributed by atoms with van der Waals surface area (Å²) < 4.78 is 25.0. The van der Waals surface area contributed by atoms with E-state index in [9.17, 15) is 5.11 Å². The second kappa shape index (κ2) is 3.38. The highest BCUT2D eigenvalue weighted by molar-refractivity contribution is 5.38. The van der Waals surface area contributed by atoms with Crippen molar-refractivity contribution in [2.24, 2.45) is 16.7 Å². The van der Waals surface area contributed by atoms with Crippen molar-refractivity contribution in [1.29, 1.82) is 0 Å². The Bertz CT molecular complexity index is 613. The molecule has 6 aliphatic rings. The fourth-order valence-corrected chi connectivity index (χ4v) is 7.44. The highest BCUT2D eigenvalue weighted by Crippen LogP contribution is 2.82. The molecule has 0 radical (unpaired) electrons. The molecule has 0 aromatic carbocycles. The van der Waals surface area contributed by atoms with E-state index in [1.807, 2.05) is 6.92 Å². The predicted octanol–water partition coefficient (Wildman–Crippen LogP) is 1.61. The number of fused-ring (bicyclic) bond motifs is 1. The molecular formula is C18H26O5. The third kappa shape index (κ3) is 1.19. The maximum absolute atomic E-state index is 11.4. The van der Waals surface area contributed by atoms with Crippen molar-refractivity contribution in [2.75, 3.05) is 6.61 Å². The molecule has 1 unspecified atom stereocenters. The van der Waals surface area contributed by atoms with E-state index in [0.717, 1.165) is 25.9 Å². The van der Waals surface area contributed by atoms with Crippen molar-refractivity contribution in [2.45, 2.75) is 88.4 Å². The minimum atomic E-state index is -0.906. The largest absolute Gasteiger partial charge is 0.387 e. The highest BCUT2D eigenvalue weighted by Gasteiger charge is 2.94. The Hall–Kier alpha value is -0.200. The Balaban J connectivity index is 1.61. The van der Waals surface area contributed by atoms with Crippen LogP contribution < -0.4 is 0 Å². The fraction of sp³-hybridized carbons (Fsp3) is 1.00. The van der Waals surface area contributed by atoms with Gasteiger partial charge in [-0.3, -0.25) is 0 Å². The summed E-state index contributed by atoms with van der Waals surface area (Å²) in [5.74, 6) is -0.765. The molecule has 2 saturated carbocycles. The maximum Gasteiger partial charge on any atom is 0.178 e. The quantitative estimate of drug-likeness (QED) is 0.783. The summed E-state index contributed by atoms with van der Waals surface area (Å²) in [4.78, 5) is 0. The molecule has 4 aliphatic heterocycles. The molecule has 2 aliphatic carbocycles. The van der Waals surface area contributed by atoms with Crippen LogP contribution in [0.15, 0.2) is 0 Å². The molecule has 0 aromatic heterocycles. The van der Waals surface area contributed by atoms with Crippen molar-refractivity contribution in [3.63, 3.8) is 0 Å². The average Bonchev–Trinajstić information content (AvgIpc) is 3.30. The van der Waals surface area contributed by atoms with Gasteiger partial charge in [-0.25, -0.2) is 0 Å². The average molecular weight is 322 g/mol. The lowest BCUT2D eigenvalue weighted by atomic mass is 9.44. The topological polar surface area (TPSA) is 63.8 Å². The first kappa shape index (κ1) is 14.0. The lowest BCUT2D eigenvalue weighted by Crippen LogP contribution is -2.72. The summed E-state index contributed by atoms with van der Waals surface area (Å²) in [6.07, 6.45) is 3.06. The molecule has 4 saturated heterocycles. The Morgan fingerprint density at radius 3 is 2.57 bits per heavy atom. The number of ether oxygens (including phenoxy) is 4. The van der Waals surface area contributed by atoms with Crippen LogP contribution in [-0.2, 0) is 18.9 Å². The van der Waals surface area contributed by atoms with Crippen molar-refractivity contribution in [1.82, 2.24) is 0 Å². The first-order valence-corrected chi connectivity index (χ1v) is 9.06. The Kier molecular flexibility index (Phi) is 2.06. The molecule has 1 N–H and O–H groups in total. The van der Waals surface area contributed by atoms with Crippen LogP contribution in [0, 0.1) is 16.7 Å². The molecule has 23 heavy (non-hydrogen) atoms. The molecule has 0 amide bonds. The van der Waals surface area contributed by atoms with Crippen LogP contribution in [0.1, 0.15) is 47.0 Å². The van der Waals surface area contributed by atoms with Gasteiger partial charge >= 0.3 is 0 Å². The van der Waals surface area contributed by atoms with Gasteiger partial charge in [-0.15, -0.1) is 0 Å². The van der Waals surface area contributed by atoms with Crippen molar-refractivity contribution in [3.8, 4) is 0 Å². The van der Waals surface area contributed by atoms with E-state index < -0.39 is 11.4 Å². The van der Waals surface area contributed by atoms with Crippen molar-refractivity contribution < 1.29 is 24.1 Å². The number of aliphatic hydroxyl groups is 1. The standard InChI is InChI=1S/C18H26O5/c1-14(2)6-5-10-15(3)13-16(4,19)11-12(21-11)18(14,15)23-17(13,22-10)7-9-8-20-9/h9-13,19H,5-8H2,1-4H3/t9?,10-,11+,12-,13-,15+,16-,17-,18+/m0/s1. The van der Waals surface area contributed by atoms with Crippen molar-refractivity contribution >= 4 is 0 Å². The zero-order valence-corrected chi connectivity index (χ0v) is 14.3. The summed E-state index contributed by atoms with van der Waals surface area (Å²) in [5.41, 5.74) is -1.45. The fourth-order valence-electron chi connectivity index (χ4n) is 7.44. The zero-order valence-electron chi connectivity index (χ0n) is 14.3. The third-order valence-electron chi connectivity index (χ3n) is 8.19. The van der Waals surface area contributed by atoms with Crippen LogP contribution in [0.2, 0.25) is 0 Å². The molecule has 6 fully saturated rings. The minimum Gasteiger partial charge on any atom is -0.387 e. The van der Waals surface area contributed by atoms with Crippen LogP contribution in [0.3, 0.4) is 0 Å². The van der Waals surface area contributed by atoms with Gasteiger partial charge in [0.2, 0.25) is 0 Å². The van der Waals surface area contributed by atoms with Crippen LogP contribution in [0.25, 0.3) is 0 Å². The van der Waals surface area contributed by atoms with Gasteiger partial charge in [-0.05, 0) is 25.2 Å². The summed E-state index contributed by atoms with van der Waals surface area (Å²) in [7, 11) is 0. The summed E-state index contributed by atoms with van der Waals surface area (Å²) >= 11 is 0. The minimum absolute atomic E-state index is 0.0116. The lowest BCUT2D eigenvalue weighted by molar-refractivity contribution is -0.364. The molecule has 0 spiro atoms. The normalized spacial score (nSPS) is 69.5. The smallest absolute Gasteiger partial charge is 0.178 e. The van der Waals surface area contributed by atoms with Gasteiger partial charge in [0.05, 0.1) is 30.3 Å². The van der Waals surface area contributed by atoms with Crippen LogP contribution in [0.5, 0.6) is 0 Å². The van der Waals surface area contributed by atoms with Gasteiger partial charge in [0.1, 0.15) is 17.8 Å². The number of hydrogen-bond donors (Lipinski definition) is 1. The Morgan fingerprint density at radius 1 is 1.13 bits per heavy atom. The van der Waals surface area contributed by atoms with E-state index in [4.69, 9.17) is 18.9 Å². The molecule has 0 aromatic rings. The van der Waals surface area contributed by atoms with E-state index >= 15 is 0 Å². The molecule has 128 valence electrons. The Labute approximate surface area is 136 Å². The number of hydrogen-bond acceptors (Lipinski definition) is 5. The van der Waals surface area contributed by atoms with Crippen LogP contribution in [0.4, 0.5) is 0 Å². The van der Waals surface area contributed by atoms with Gasteiger partial charge in [-0.2, -0.15) is 0 Å². The number of epoxide rings is 2. The van der Waals surface area contributed by atoms with Crippen molar-refractivity contribution in [3.05, 3.63) is 0 Å². The molecule has 9 atom stereocenters. The van der Waals surface area contributed by atoms with E-state index in [1.165, 1.54) is 0 Å². The van der Waals surface area contributed by atoms with Gasteiger partial charge in [0, 0.05) is 11.8 Å². The predicted molar refractivity (Wildman–Crippen MR) is 79.7 cm³/mol. The Morgan fingerprint density at radius 2 is 1.87 bits per heavy atom. The zero-order chi connectivity index (χ0) is 16.0. The third-order valence-corrected chi connectivity index (χ3v) is 8.19. The highest BCUT2D eigenvalue weighted by atomic mass is 16.8. The maximum atomic E-state index is 11.4. The van der Waals surface area contributed by atoms with E-state index in [-0.39, 0.29) is 46.8 Å². The van der Waals surface area contributed by atoms with Crippen LogP contribution >= 0.6 is 0 Å². The second-order valence-electron chi connectivity index (χ2n) is 9.76. The molecule has 6 rings (SSSR count). The van der Waals surface area contributed by atoms with E-state index in [2.05, 4.69) is 20.8 Å². The molecule has 5 nitrogen and oxygen atoms in total. The second-order valence-corrected chi connectivity index (χ2v) is 9.76. The molecular weight excluding hydrogens is 296 g/mol. The summed E-state index contributed by atoms with van der Waals surface area (Å²) in [6, 6.07) is 0. The SMILES string of the molecule is CC1(C)CC[C@@H]2O[C@@]3(CC4CO4)O[C@]14[C@H]1O[C@H]1[C@](C)(O)[C@@H]3[C@@]24C. The van der Waals surface area contributed by atoms with Gasteiger partial charge in [-0.1, -0.05) is 20.8 Å². The number of rotatable bonds is 2. The van der Waals surface area contributed by atoms with Gasteiger partial charge < -0.3 is 24.1 Å². The molecule has 5 heteroatoms. The van der Waals surface area contributed by atoms with Gasteiger partial charge in [0.15, 0.2) is 5.79 Å². The molecule has 4 bridgehead atoms. The molecule has 4 heterocycles. The van der Waals surface area contributed by atoms with E-state index in [0.29, 0.717) is 0 Å². The van der Waals surface area contributed by atoms with E-state index in [1.54, 1.807) is 0 Å². The van der Waals surface area contributed by atoms with Gasteiger partial charge in [0.25, 0.3) is 0 Å². The lowest BCUT2D eigenvalue weighted by Gasteiger charge is -2.62. The first-order chi connectivity index (χ1) is 10.7. The summed E-state index contributed by atoms with van der Waals surface area (Å²) in [5, 5.41) is 11.4. The van der Waals surface area contributed by atoms with Crippen LogP contribution in [-0.4, -0.2) is 53.1 Å². The first-order valence-electron chi connectivity index (χ1n) is 9.06. The monoisotopic (exact) mass is 322 g/mol. The summed E-state index contributed by atoms with van der Waals surface area (Å²) in [6.45, 7) is 9.63.